The first-order chi connectivity index (χ1) is 10.1. The molecule has 0 fully saturated rings. The predicted molar refractivity (Wildman–Crippen MR) is 76.3 cm³/mol. The maximum absolute atomic E-state index is 12.0. The van der Waals surface area contributed by atoms with Crippen molar-refractivity contribution in [3.63, 3.8) is 0 Å². The van der Waals surface area contributed by atoms with Crippen LogP contribution in [-0.2, 0) is 7.05 Å². The molecule has 0 saturated heterocycles. The second-order valence-corrected chi connectivity index (χ2v) is 4.72. The number of hydrogen-bond donors (Lipinski definition) is 1. The number of fused-ring (bicyclic) bond motifs is 3. The van der Waals surface area contributed by atoms with Crippen molar-refractivity contribution >= 4 is 17.0 Å². The molecule has 1 aromatic carbocycles. The van der Waals surface area contributed by atoms with Gasteiger partial charge in [-0.2, -0.15) is 4.98 Å². The standard InChI is InChI=1S/C14H10N4O3/c1-17-11-10(12(19)16-13(17)20)18-7-9(21-14(18)15-11)8-5-3-2-4-6-8/h2-7H,1H3,(H,16,19,20). The highest BCUT2D eigenvalue weighted by Crippen LogP contribution is 2.23. The molecule has 21 heavy (non-hydrogen) atoms. The molecule has 3 heterocycles. The molecule has 4 rings (SSSR count). The fourth-order valence-corrected chi connectivity index (χ4v) is 2.35. The molecule has 0 aliphatic rings. The number of hydrogen-bond acceptors (Lipinski definition) is 4. The number of aromatic amines is 1. The fourth-order valence-electron chi connectivity index (χ4n) is 2.35. The maximum atomic E-state index is 12.0. The Kier molecular flexibility index (Phi) is 2.20. The van der Waals surface area contributed by atoms with Crippen molar-refractivity contribution in [3.8, 4) is 11.3 Å². The third kappa shape index (κ3) is 1.57. The van der Waals surface area contributed by atoms with Gasteiger partial charge >= 0.3 is 11.5 Å². The van der Waals surface area contributed by atoms with Gasteiger partial charge in [0.05, 0.1) is 6.20 Å². The Morgan fingerprint density at radius 2 is 1.95 bits per heavy atom. The van der Waals surface area contributed by atoms with E-state index < -0.39 is 11.2 Å². The van der Waals surface area contributed by atoms with Crippen LogP contribution >= 0.6 is 0 Å². The zero-order chi connectivity index (χ0) is 14.6. The minimum atomic E-state index is -0.503. The lowest BCUT2D eigenvalue weighted by Crippen LogP contribution is -2.28. The van der Waals surface area contributed by atoms with Gasteiger partial charge in [-0.25, -0.2) is 4.79 Å². The van der Waals surface area contributed by atoms with Crippen LogP contribution in [0.3, 0.4) is 0 Å². The van der Waals surface area contributed by atoms with Gasteiger partial charge in [-0.05, 0) is 0 Å². The fraction of sp³-hybridized carbons (Fsp3) is 0.0714. The van der Waals surface area contributed by atoms with Crippen molar-refractivity contribution in [1.29, 1.82) is 0 Å². The highest BCUT2D eigenvalue weighted by atomic mass is 16.4. The number of benzene rings is 1. The number of aryl methyl sites for hydroxylation is 1. The van der Waals surface area contributed by atoms with Gasteiger partial charge in [-0.15, -0.1) is 0 Å². The number of oxazole rings is 1. The van der Waals surface area contributed by atoms with Crippen molar-refractivity contribution in [1.82, 2.24) is 18.9 Å². The smallest absolute Gasteiger partial charge is 0.329 e. The van der Waals surface area contributed by atoms with Crippen LogP contribution in [0.25, 0.3) is 28.3 Å². The van der Waals surface area contributed by atoms with E-state index in [0.717, 1.165) is 5.56 Å². The van der Waals surface area contributed by atoms with Crippen molar-refractivity contribution in [3.05, 3.63) is 57.4 Å². The third-order valence-corrected chi connectivity index (χ3v) is 3.42. The van der Waals surface area contributed by atoms with Crippen molar-refractivity contribution in [2.24, 2.45) is 7.05 Å². The van der Waals surface area contributed by atoms with E-state index in [9.17, 15) is 9.59 Å². The van der Waals surface area contributed by atoms with Gasteiger partial charge in [0.2, 0.25) is 0 Å². The summed E-state index contributed by atoms with van der Waals surface area (Å²) in [4.78, 5) is 30.0. The Labute approximate surface area is 117 Å². The second kappa shape index (κ2) is 3.95. The lowest BCUT2D eigenvalue weighted by Gasteiger charge is -1.96. The Morgan fingerprint density at radius 1 is 1.19 bits per heavy atom. The zero-order valence-electron chi connectivity index (χ0n) is 11.0. The van der Waals surface area contributed by atoms with Crippen LogP contribution in [0.5, 0.6) is 0 Å². The number of H-pyrrole nitrogens is 1. The third-order valence-electron chi connectivity index (χ3n) is 3.42. The first kappa shape index (κ1) is 11.7. The van der Waals surface area contributed by atoms with Gasteiger partial charge in [-0.3, -0.25) is 18.7 Å². The normalized spacial score (nSPS) is 11.5. The van der Waals surface area contributed by atoms with E-state index in [-0.39, 0.29) is 11.4 Å². The van der Waals surface area contributed by atoms with Crippen molar-refractivity contribution < 1.29 is 4.42 Å². The second-order valence-electron chi connectivity index (χ2n) is 4.72. The van der Waals surface area contributed by atoms with Crippen LogP contribution in [0.4, 0.5) is 0 Å². The predicted octanol–water partition coefficient (Wildman–Crippen LogP) is 1.13. The lowest BCUT2D eigenvalue weighted by molar-refractivity contribution is 0.610. The van der Waals surface area contributed by atoms with Gasteiger partial charge in [0.1, 0.15) is 0 Å². The summed E-state index contributed by atoms with van der Waals surface area (Å²) in [5.74, 6) is 0.879. The number of aromatic nitrogens is 4. The average Bonchev–Trinajstić information content (AvgIpc) is 3.03. The monoisotopic (exact) mass is 282 g/mol. The first-order valence-electron chi connectivity index (χ1n) is 6.31. The van der Waals surface area contributed by atoms with E-state index >= 15 is 0 Å². The molecule has 1 N–H and O–H groups in total. The summed E-state index contributed by atoms with van der Waals surface area (Å²) in [6.45, 7) is 0. The number of imidazole rings is 1. The topological polar surface area (TPSA) is 85.3 Å². The van der Waals surface area contributed by atoms with E-state index in [4.69, 9.17) is 4.42 Å². The summed E-state index contributed by atoms with van der Waals surface area (Å²) in [5.41, 5.74) is 0.482. The highest BCUT2D eigenvalue weighted by Gasteiger charge is 2.16. The van der Waals surface area contributed by atoms with Crippen LogP contribution in [0, 0.1) is 0 Å². The Bertz CT molecular complexity index is 1080. The van der Waals surface area contributed by atoms with Gasteiger partial charge in [-0.1, -0.05) is 30.3 Å². The average molecular weight is 282 g/mol. The first-order valence-corrected chi connectivity index (χ1v) is 6.31. The molecular weight excluding hydrogens is 272 g/mol. The van der Waals surface area contributed by atoms with Crippen LogP contribution in [0.1, 0.15) is 0 Å². The molecule has 0 aliphatic heterocycles. The van der Waals surface area contributed by atoms with Gasteiger partial charge in [0, 0.05) is 12.6 Å². The highest BCUT2D eigenvalue weighted by molar-refractivity contribution is 5.75. The number of nitrogens with zero attached hydrogens (tertiary/aromatic N) is 3. The van der Waals surface area contributed by atoms with Crippen molar-refractivity contribution in [2.45, 2.75) is 0 Å². The molecule has 0 spiro atoms. The SMILES string of the molecule is Cn1c(=O)[nH]c(=O)c2c1nc1oc(-c3ccccc3)cn12. The van der Waals surface area contributed by atoms with E-state index in [2.05, 4.69) is 9.97 Å². The Balaban J connectivity index is 2.09. The summed E-state index contributed by atoms with van der Waals surface area (Å²) in [5, 5.41) is 0. The summed E-state index contributed by atoms with van der Waals surface area (Å²) in [7, 11) is 1.55. The van der Waals surface area contributed by atoms with E-state index in [1.54, 1.807) is 17.6 Å². The van der Waals surface area contributed by atoms with E-state index in [0.29, 0.717) is 11.4 Å². The molecule has 7 heteroatoms. The van der Waals surface area contributed by atoms with Gasteiger partial charge in [0.25, 0.3) is 5.56 Å². The largest absolute Gasteiger partial charge is 0.423 e. The van der Waals surface area contributed by atoms with Crippen LogP contribution in [0.15, 0.2) is 50.5 Å². The summed E-state index contributed by atoms with van der Waals surface area (Å²) >= 11 is 0. The number of rotatable bonds is 1. The zero-order valence-corrected chi connectivity index (χ0v) is 11.0. The molecule has 0 bridgehead atoms. The van der Waals surface area contributed by atoms with Gasteiger partial charge in [0.15, 0.2) is 16.9 Å². The van der Waals surface area contributed by atoms with Crippen LogP contribution in [-0.4, -0.2) is 18.9 Å². The molecule has 0 amide bonds. The summed E-state index contributed by atoms with van der Waals surface area (Å²) in [6.07, 6.45) is 1.69. The van der Waals surface area contributed by atoms with E-state index in [1.807, 2.05) is 30.3 Å². The Hall–Kier alpha value is -3.09. The van der Waals surface area contributed by atoms with Crippen LogP contribution < -0.4 is 11.2 Å². The molecule has 3 aromatic heterocycles. The van der Waals surface area contributed by atoms with Gasteiger partial charge < -0.3 is 4.42 Å². The molecule has 104 valence electrons. The molecule has 0 radical (unpaired) electrons. The minimum absolute atomic E-state index is 0.274. The van der Waals surface area contributed by atoms with E-state index in [1.165, 1.54) is 4.57 Å². The molecule has 0 unspecified atom stereocenters. The molecule has 0 saturated carbocycles. The minimum Gasteiger partial charge on any atom is -0.423 e. The Morgan fingerprint density at radius 3 is 2.71 bits per heavy atom. The summed E-state index contributed by atoms with van der Waals surface area (Å²) in [6, 6.07) is 9.51. The van der Waals surface area contributed by atoms with Crippen LogP contribution in [0.2, 0.25) is 0 Å². The molecule has 0 aliphatic carbocycles. The van der Waals surface area contributed by atoms with Crippen molar-refractivity contribution in [2.75, 3.05) is 0 Å². The quantitative estimate of drug-likeness (QED) is 0.567. The molecule has 0 atom stereocenters. The number of nitrogens with one attached hydrogen (secondary N) is 1. The molecule has 7 nitrogen and oxygen atoms in total. The lowest BCUT2D eigenvalue weighted by atomic mass is 10.2. The summed E-state index contributed by atoms with van der Waals surface area (Å²) < 4.78 is 8.50. The molecular formula is C14H10N4O3. The molecule has 4 aromatic rings. The maximum Gasteiger partial charge on any atom is 0.329 e.